The summed E-state index contributed by atoms with van der Waals surface area (Å²) in [6.45, 7) is 7.27. The molecule has 0 bridgehead atoms. The van der Waals surface area contributed by atoms with E-state index in [-0.39, 0.29) is 5.54 Å². The van der Waals surface area contributed by atoms with Gasteiger partial charge >= 0.3 is 0 Å². The SMILES string of the molecule is CC1OCCC1CNCC(C)(N)C1CC1. The molecule has 3 N–H and O–H groups in total. The van der Waals surface area contributed by atoms with E-state index in [2.05, 4.69) is 19.2 Å². The number of hydrogen-bond acceptors (Lipinski definition) is 3. The number of hydrogen-bond donors (Lipinski definition) is 2. The molecule has 1 heterocycles. The van der Waals surface area contributed by atoms with Crippen LogP contribution in [0.3, 0.4) is 0 Å². The standard InChI is InChI=1S/C12H24N2O/c1-9-10(5-6-15-9)7-14-8-12(2,13)11-3-4-11/h9-11,14H,3-8,13H2,1-2H3. The Morgan fingerprint density at radius 3 is 2.67 bits per heavy atom. The first-order valence-corrected chi connectivity index (χ1v) is 6.21. The number of nitrogens with one attached hydrogen (secondary N) is 1. The molecule has 3 nitrogen and oxygen atoms in total. The molecule has 15 heavy (non-hydrogen) atoms. The molecule has 3 unspecified atom stereocenters. The zero-order valence-electron chi connectivity index (χ0n) is 9.96. The summed E-state index contributed by atoms with van der Waals surface area (Å²) in [5.41, 5.74) is 6.25. The summed E-state index contributed by atoms with van der Waals surface area (Å²) in [4.78, 5) is 0. The van der Waals surface area contributed by atoms with Crippen LogP contribution in [0.1, 0.15) is 33.1 Å². The Kier molecular flexibility index (Phi) is 3.33. The minimum atomic E-state index is 0.00268. The second kappa shape index (κ2) is 4.40. The van der Waals surface area contributed by atoms with Crippen molar-refractivity contribution in [2.75, 3.05) is 19.7 Å². The first kappa shape index (κ1) is 11.4. The molecule has 2 aliphatic rings. The van der Waals surface area contributed by atoms with Gasteiger partial charge in [-0.2, -0.15) is 0 Å². The van der Waals surface area contributed by atoms with Crippen LogP contribution in [-0.4, -0.2) is 31.3 Å². The van der Waals surface area contributed by atoms with Crippen molar-refractivity contribution in [2.24, 2.45) is 17.6 Å². The number of ether oxygens (including phenoxy) is 1. The second-order valence-electron chi connectivity index (χ2n) is 5.54. The molecule has 2 fully saturated rings. The summed E-state index contributed by atoms with van der Waals surface area (Å²) in [5.74, 6) is 1.43. The van der Waals surface area contributed by atoms with E-state index in [9.17, 15) is 0 Å². The molecule has 0 aromatic carbocycles. The maximum absolute atomic E-state index is 6.25. The fraction of sp³-hybridized carbons (Fsp3) is 1.00. The third-order valence-electron chi connectivity index (χ3n) is 3.96. The molecule has 3 atom stereocenters. The molecule has 0 radical (unpaired) electrons. The van der Waals surface area contributed by atoms with Gasteiger partial charge in [0.15, 0.2) is 0 Å². The van der Waals surface area contributed by atoms with Gasteiger partial charge in [-0.25, -0.2) is 0 Å². The van der Waals surface area contributed by atoms with Crippen LogP contribution < -0.4 is 11.1 Å². The van der Waals surface area contributed by atoms with Crippen molar-refractivity contribution in [3.05, 3.63) is 0 Å². The summed E-state index contributed by atoms with van der Waals surface area (Å²) in [7, 11) is 0. The summed E-state index contributed by atoms with van der Waals surface area (Å²) >= 11 is 0. The Bertz CT molecular complexity index is 214. The summed E-state index contributed by atoms with van der Waals surface area (Å²) in [6.07, 6.45) is 4.25. The smallest absolute Gasteiger partial charge is 0.0588 e. The summed E-state index contributed by atoms with van der Waals surface area (Å²) in [6, 6.07) is 0. The van der Waals surface area contributed by atoms with Crippen LogP contribution >= 0.6 is 0 Å². The van der Waals surface area contributed by atoms with Gasteiger partial charge in [0.2, 0.25) is 0 Å². The van der Waals surface area contributed by atoms with Gasteiger partial charge in [0.25, 0.3) is 0 Å². The van der Waals surface area contributed by atoms with Gasteiger partial charge < -0.3 is 15.8 Å². The van der Waals surface area contributed by atoms with Gasteiger partial charge in [-0.05, 0) is 44.9 Å². The van der Waals surface area contributed by atoms with Crippen molar-refractivity contribution in [3.63, 3.8) is 0 Å². The number of rotatable bonds is 5. The van der Waals surface area contributed by atoms with Crippen LogP contribution in [0.5, 0.6) is 0 Å². The van der Waals surface area contributed by atoms with Crippen LogP contribution in [0.15, 0.2) is 0 Å². The molecule has 1 saturated carbocycles. The zero-order valence-corrected chi connectivity index (χ0v) is 9.96. The third kappa shape index (κ3) is 2.92. The average molecular weight is 212 g/mol. The molecule has 2 rings (SSSR count). The van der Waals surface area contributed by atoms with Gasteiger partial charge in [0.05, 0.1) is 6.10 Å². The van der Waals surface area contributed by atoms with Crippen LogP contribution in [0, 0.1) is 11.8 Å². The predicted molar refractivity (Wildman–Crippen MR) is 61.7 cm³/mol. The topological polar surface area (TPSA) is 47.3 Å². The Labute approximate surface area is 92.7 Å². The first-order valence-electron chi connectivity index (χ1n) is 6.21. The molecule has 0 amide bonds. The maximum atomic E-state index is 6.25. The molecule has 1 aliphatic carbocycles. The highest BCUT2D eigenvalue weighted by Crippen LogP contribution is 2.37. The minimum absolute atomic E-state index is 0.00268. The summed E-state index contributed by atoms with van der Waals surface area (Å²) in [5, 5.41) is 3.51. The average Bonchev–Trinajstić information content (AvgIpc) is 2.94. The highest BCUT2D eigenvalue weighted by molar-refractivity contribution is 4.96. The second-order valence-corrected chi connectivity index (χ2v) is 5.54. The Balaban J connectivity index is 1.65. The molecule has 1 saturated heterocycles. The minimum Gasteiger partial charge on any atom is -0.378 e. The van der Waals surface area contributed by atoms with Crippen LogP contribution in [0.4, 0.5) is 0 Å². The molecular weight excluding hydrogens is 188 g/mol. The largest absolute Gasteiger partial charge is 0.378 e. The van der Waals surface area contributed by atoms with E-state index in [0.717, 1.165) is 25.6 Å². The van der Waals surface area contributed by atoms with E-state index in [1.54, 1.807) is 0 Å². The van der Waals surface area contributed by atoms with Gasteiger partial charge in [-0.1, -0.05) is 0 Å². The van der Waals surface area contributed by atoms with E-state index in [1.807, 2.05) is 0 Å². The van der Waals surface area contributed by atoms with Crippen molar-refractivity contribution >= 4 is 0 Å². The number of nitrogens with two attached hydrogens (primary N) is 1. The van der Waals surface area contributed by atoms with Crippen LogP contribution in [-0.2, 0) is 4.74 Å². The van der Waals surface area contributed by atoms with Crippen molar-refractivity contribution in [1.29, 1.82) is 0 Å². The lowest BCUT2D eigenvalue weighted by atomic mass is 9.96. The molecular formula is C12H24N2O. The Hall–Kier alpha value is -0.120. The highest BCUT2D eigenvalue weighted by atomic mass is 16.5. The normalized spacial score (nSPS) is 35.4. The Morgan fingerprint density at radius 2 is 2.13 bits per heavy atom. The maximum Gasteiger partial charge on any atom is 0.0588 e. The van der Waals surface area contributed by atoms with Gasteiger partial charge in [-0.15, -0.1) is 0 Å². The Morgan fingerprint density at radius 1 is 1.40 bits per heavy atom. The zero-order chi connectivity index (χ0) is 10.9. The lowest BCUT2D eigenvalue weighted by Crippen LogP contribution is -2.49. The van der Waals surface area contributed by atoms with Crippen LogP contribution in [0.2, 0.25) is 0 Å². The lowest BCUT2D eigenvalue weighted by Gasteiger charge is -2.26. The van der Waals surface area contributed by atoms with E-state index in [4.69, 9.17) is 10.5 Å². The quantitative estimate of drug-likeness (QED) is 0.718. The monoisotopic (exact) mass is 212 g/mol. The fourth-order valence-electron chi connectivity index (χ4n) is 2.46. The first-order chi connectivity index (χ1) is 7.09. The van der Waals surface area contributed by atoms with E-state index in [1.165, 1.54) is 19.3 Å². The molecule has 0 spiro atoms. The van der Waals surface area contributed by atoms with Gasteiger partial charge in [-0.3, -0.25) is 0 Å². The van der Waals surface area contributed by atoms with Crippen molar-refractivity contribution in [3.8, 4) is 0 Å². The predicted octanol–water partition coefficient (Wildman–Crippen LogP) is 1.13. The van der Waals surface area contributed by atoms with Crippen LogP contribution in [0.25, 0.3) is 0 Å². The fourth-order valence-corrected chi connectivity index (χ4v) is 2.46. The summed E-state index contributed by atoms with van der Waals surface area (Å²) < 4.78 is 5.54. The molecule has 1 aliphatic heterocycles. The van der Waals surface area contributed by atoms with Crippen molar-refractivity contribution in [2.45, 2.75) is 44.8 Å². The third-order valence-corrected chi connectivity index (χ3v) is 3.96. The van der Waals surface area contributed by atoms with Gasteiger partial charge in [0.1, 0.15) is 0 Å². The lowest BCUT2D eigenvalue weighted by molar-refractivity contribution is 0.105. The van der Waals surface area contributed by atoms with Crippen molar-refractivity contribution in [1.82, 2.24) is 5.32 Å². The molecule has 88 valence electrons. The van der Waals surface area contributed by atoms with E-state index in [0.29, 0.717) is 12.0 Å². The van der Waals surface area contributed by atoms with Crippen molar-refractivity contribution < 1.29 is 4.74 Å². The van der Waals surface area contributed by atoms with Gasteiger partial charge in [0, 0.05) is 25.2 Å². The molecule has 0 aromatic heterocycles. The van der Waals surface area contributed by atoms with E-state index >= 15 is 0 Å². The highest BCUT2D eigenvalue weighted by Gasteiger charge is 2.38. The molecule has 3 heteroatoms. The van der Waals surface area contributed by atoms with E-state index < -0.39 is 0 Å². The molecule has 0 aromatic rings.